The van der Waals surface area contributed by atoms with Crippen molar-refractivity contribution in [1.29, 1.82) is 0 Å². The van der Waals surface area contributed by atoms with Crippen LogP contribution in [0.5, 0.6) is 0 Å². The second-order valence-electron chi connectivity index (χ2n) is 4.45. The Hall–Kier alpha value is -0.610. The molecule has 0 atom stereocenters. The second kappa shape index (κ2) is 6.36. The minimum Gasteiger partial charge on any atom is -0.381 e. The lowest BCUT2D eigenvalue weighted by Crippen LogP contribution is -2.33. The summed E-state index contributed by atoms with van der Waals surface area (Å²) < 4.78 is 14.3. The number of piperidine rings is 1. The van der Waals surface area contributed by atoms with Gasteiger partial charge >= 0.3 is 0 Å². The highest BCUT2D eigenvalue weighted by Crippen LogP contribution is 2.19. The number of rotatable bonds is 4. The Morgan fingerprint density at radius 1 is 1.24 bits per heavy atom. The summed E-state index contributed by atoms with van der Waals surface area (Å²) in [5, 5.41) is 3.15. The van der Waals surface area contributed by atoms with E-state index in [0.717, 1.165) is 17.6 Å². The van der Waals surface area contributed by atoms with E-state index in [1.165, 1.54) is 38.4 Å². The van der Waals surface area contributed by atoms with Gasteiger partial charge in [-0.1, -0.05) is 22.4 Å². The number of benzene rings is 1. The van der Waals surface area contributed by atoms with Gasteiger partial charge in [0.1, 0.15) is 5.82 Å². The molecule has 0 radical (unpaired) electrons. The first kappa shape index (κ1) is 12.8. The fraction of sp³-hybridized carbons (Fsp3) is 0.538. The molecule has 0 aliphatic carbocycles. The summed E-state index contributed by atoms with van der Waals surface area (Å²) in [5.41, 5.74) is 0.588. The third-order valence-electron chi connectivity index (χ3n) is 3.12. The molecule has 1 saturated heterocycles. The number of nitrogens with zero attached hydrogens (tertiary/aromatic N) is 1. The van der Waals surface area contributed by atoms with Crippen LogP contribution < -0.4 is 5.32 Å². The molecule has 1 aromatic carbocycles. The van der Waals surface area contributed by atoms with Crippen molar-refractivity contribution in [3.8, 4) is 0 Å². The van der Waals surface area contributed by atoms with Crippen molar-refractivity contribution in [3.05, 3.63) is 28.5 Å². The molecular formula is C13H18BrFN2. The van der Waals surface area contributed by atoms with Crippen molar-refractivity contribution < 1.29 is 4.39 Å². The molecule has 94 valence electrons. The van der Waals surface area contributed by atoms with E-state index < -0.39 is 0 Å². The molecule has 1 aromatic rings. The number of anilines is 1. The molecular weight excluding hydrogens is 283 g/mol. The van der Waals surface area contributed by atoms with Gasteiger partial charge in [-0.2, -0.15) is 0 Å². The van der Waals surface area contributed by atoms with Crippen LogP contribution in [0.4, 0.5) is 10.1 Å². The topological polar surface area (TPSA) is 15.3 Å². The average molecular weight is 301 g/mol. The van der Waals surface area contributed by atoms with E-state index in [4.69, 9.17) is 0 Å². The number of nitrogens with one attached hydrogen (secondary N) is 1. The Bertz CT molecular complexity index is 364. The van der Waals surface area contributed by atoms with Crippen LogP contribution in [0, 0.1) is 5.82 Å². The lowest BCUT2D eigenvalue weighted by atomic mass is 10.1. The summed E-state index contributed by atoms with van der Waals surface area (Å²) >= 11 is 3.25. The molecule has 1 N–H and O–H groups in total. The molecule has 1 fully saturated rings. The van der Waals surface area contributed by atoms with Gasteiger partial charge in [-0.25, -0.2) is 4.39 Å². The maximum Gasteiger partial charge on any atom is 0.147 e. The second-order valence-corrected chi connectivity index (χ2v) is 5.37. The highest BCUT2D eigenvalue weighted by Gasteiger charge is 2.09. The predicted octanol–water partition coefficient (Wildman–Crippen LogP) is 3.49. The molecule has 0 spiro atoms. The highest BCUT2D eigenvalue weighted by molar-refractivity contribution is 9.10. The summed E-state index contributed by atoms with van der Waals surface area (Å²) in [6.07, 6.45) is 3.95. The molecule has 2 rings (SSSR count). The van der Waals surface area contributed by atoms with E-state index in [2.05, 4.69) is 26.1 Å². The van der Waals surface area contributed by atoms with Crippen molar-refractivity contribution in [1.82, 2.24) is 4.90 Å². The van der Waals surface area contributed by atoms with Gasteiger partial charge in [0.15, 0.2) is 0 Å². The van der Waals surface area contributed by atoms with Crippen molar-refractivity contribution in [2.24, 2.45) is 0 Å². The maximum atomic E-state index is 13.5. The molecule has 0 saturated carbocycles. The fourth-order valence-corrected chi connectivity index (χ4v) is 2.50. The normalized spacial score (nSPS) is 17.1. The van der Waals surface area contributed by atoms with Gasteiger partial charge < -0.3 is 10.2 Å². The lowest BCUT2D eigenvalue weighted by molar-refractivity contribution is 0.237. The van der Waals surface area contributed by atoms with Gasteiger partial charge in [0.2, 0.25) is 0 Å². The quantitative estimate of drug-likeness (QED) is 0.916. The van der Waals surface area contributed by atoms with Crippen LogP contribution in [0.1, 0.15) is 19.3 Å². The molecule has 2 nitrogen and oxygen atoms in total. The first-order chi connectivity index (χ1) is 8.25. The Kier molecular flexibility index (Phi) is 4.80. The maximum absolute atomic E-state index is 13.5. The lowest BCUT2D eigenvalue weighted by Gasteiger charge is -2.26. The van der Waals surface area contributed by atoms with Crippen LogP contribution in [-0.4, -0.2) is 31.1 Å². The summed E-state index contributed by atoms with van der Waals surface area (Å²) in [6.45, 7) is 4.17. The Morgan fingerprint density at radius 2 is 2.00 bits per heavy atom. The van der Waals surface area contributed by atoms with Crippen molar-refractivity contribution in [2.45, 2.75) is 19.3 Å². The minimum atomic E-state index is -0.196. The number of hydrogen-bond donors (Lipinski definition) is 1. The molecule has 1 heterocycles. The first-order valence-electron chi connectivity index (χ1n) is 6.17. The van der Waals surface area contributed by atoms with Crippen molar-refractivity contribution in [2.75, 3.05) is 31.5 Å². The SMILES string of the molecule is Fc1cc(Br)ccc1NCCN1CCCCC1. The number of likely N-dealkylation sites (tertiary alicyclic amines) is 1. The summed E-state index contributed by atoms with van der Waals surface area (Å²) in [4.78, 5) is 2.44. The minimum absolute atomic E-state index is 0.196. The molecule has 0 bridgehead atoms. The van der Waals surface area contributed by atoms with E-state index in [0.29, 0.717) is 5.69 Å². The van der Waals surface area contributed by atoms with Crippen LogP contribution in [0.2, 0.25) is 0 Å². The third-order valence-corrected chi connectivity index (χ3v) is 3.62. The van der Waals surface area contributed by atoms with Gasteiger partial charge in [0.25, 0.3) is 0 Å². The Labute approximate surface area is 110 Å². The summed E-state index contributed by atoms with van der Waals surface area (Å²) in [6, 6.07) is 5.12. The molecule has 0 aromatic heterocycles. The van der Waals surface area contributed by atoms with Gasteiger partial charge in [-0.3, -0.25) is 0 Å². The highest BCUT2D eigenvalue weighted by atomic mass is 79.9. The van der Waals surface area contributed by atoms with Crippen LogP contribution >= 0.6 is 15.9 Å². The Balaban J connectivity index is 1.77. The molecule has 1 aliphatic rings. The molecule has 0 unspecified atom stereocenters. The van der Waals surface area contributed by atoms with Gasteiger partial charge in [-0.05, 0) is 44.1 Å². The molecule has 4 heteroatoms. The van der Waals surface area contributed by atoms with Crippen molar-refractivity contribution in [3.63, 3.8) is 0 Å². The van der Waals surface area contributed by atoms with E-state index in [1.54, 1.807) is 6.07 Å². The van der Waals surface area contributed by atoms with Crippen molar-refractivity contribution >= 4 is 21.6 Å². The predicted molar refractivity (Wildman–Crippen MR) is 72.9 cm³/mol. The van der Waals surface area contributed by atoms with Crippen LogP contribution in [0.15, 0.2) is 22.7 Å². The van der Waals surface area contributed by atoms with Gasteiger partial charge in [0, 0.05) is 17.6 Å². The average Bonchev–Trinajstić information content (AvgIpc) is 2.33. The fourth-order valence-electron chi connectivity index (χ4n) is 2.16. The van der Waals surface area contributed by atoms with E-state index in [9.17, 15) is 4.39 Å². The number of halogens is 2. The zero-order chi connectivity index (χ0) is 12.1. The van der Waals surface area contributed by atoms with E-state index >= 15 is 0 Å². The smallest absolute Gasteiger partial charge is 0.147 e. The van der Waals surface area contributed by atoms with Crippen LogP contribution in [0.25, 0.3) is 0 Å². The van der Waals surface area contributed by atoms with Gasteiger partial charge in [-0.15, -0.1) is 0 Å². The Morgan fingerprint density at radius 3 is 2.71 bits per heavy atom. The molecule has 1 aliphatic heterocycles. The van der Waals surface area contributed by atoms with Crippen LogP contribution in [0.3, 0.4) is 0 Å². The van der Waals surface area contributed by atoms with E-state index in [1.807, 2.05) is 6.07 Å². The van der Waals surface area contributed by atoms with Gasteiger partial charge in [0.05, 0.1) is 5.69 Å². The van der Waals surface area contributed by atoms with Crippen LogP contribution in [-0.2, 0) is 0 Å². The monoisotopic (exact) mass is 300 g/mol. The zero-order valence-corrected chi connectivity index (χ0v) is 11.5. The third kappa shape index (κ3) is 3.96. The zero-order valence-electron chi connectivity index (χ0n) is 9.88. The molecule has 17 heavy (non-hydrogen) atoms. The summed E-state index contributed by atoms with van der Waals surface area (Å²) in [7, 11) is 0. The largest absolute Gasteiger partial charge is 0.381 e. The number of hydrogen-bond acceptors (Lipinski definition) is 2. The summed E-state index contributed by atoms with van der Waals surface area (Å²) in [5.74, 6) is -0.196. The first-order valence-corrected chi connectivity index (χ1v) is 6.96. The standard InChI is InChI=1S/C13H18BrFN2/c14-11-4-5-13(12(15)10-11)16-6-9-17-7-2-1-3-8-17/h4-5,10,16H,1-3,6-9H2. The molecule has 0 amide bonds. The van der Waals surface area contributed by atoms with E-state index in [-0.39, 0.29) is 5.82 Å².